The average Bonchev–Trinajstić information content (AvgIpc) is 2.44. The van der Waals surface area contributed by atoms with Gasteiger partial charge in [0.1, 0.15) is 0 Å². The molecule has 0 unspecified atom stereocenters. The maximum atomic E-state index is 12.2. The lowest BCUT2D eigenvalue weighted by Gasteiger charge is -2.07. The molecule has 3 aromatic rings. The second-order valence-corrected chi connectivity index (χ2v) is 4.54. The molecule has 0 spiro atoms. The molecule has 0 saturated heterocycles. The van der Waals surface area contributed by atoms with E-state index in [1.165, 1.54) is 0 Å². The van der Waals surface area contributed by atoms with Crippen molar-refractivity contribution in [3.8, 4) is 11.3 Å². The fraction of sp³-hybridized carbons (Fsp3) is 0. The van der Waals surface area contributed by atoms with Crippen LogP contribution in [0.5, 0.6) is 0 Å². The van der Waals surface area contributed by atoms with Crippen LogP contribution >= 0.6 is 12.6 Å². The van der Waals surface area contributed by atoms with E-state index in [0.717, 1.165) is 16.8 Å². The van der Waals surface area contributed by atoms with Crippen LogP contribution in [0.15, 0.2) is 64.3 Å². The van der Waals surface area contributed by atoms with Gasteiger partial charge >= 0.3 is 0 Å². The minimum atomic E-state index is -0.0356. The molecule has 3 rings (SSSR count). The molecular weight excluding hydrogens is 242 g/mol. The van der Waals surface area contributed by atoms with Gasteiger partial charge in [-0.05, 0) is 17.7 Å². The van der Waals surface area contributed by atoms with Gasteiger partial charge in [0.2, 0.25) is 5.43 Å². The molecule has 0 aliphatic heterocycles. The number of pyridine rings is 1. The van der Waals surface area contributed by atoms with Crippen molar-refractivity contribution in [2.75, 3.05) is 0 Å². The summed E-state index contributed by atoms with van der Waals surface area (Å²) in [4.78, 5) is 16.0. The van der Waals surface area contributed by atoms with Gasteiger partial charge in [0.25, 0.3) is 0 Å². The highest BCUT2D eigenvalue weighted by molar-refractivity contribution is 7.80. The van der Waals surface area contributed by atoms with Crippen LogP contribution in [0.2, 0.25) is 0 Å². The molecular formula is C15H11NOS. The third-order valence-corrected chi connectivity index (χ3v) is 3.37. The van der Waals surface area contributed by atoms with Gasteiger partial charge in [-0.3, -0.25) is 4.79 Å². The highest BCUT2D eigenvalue weighted by Gasteiger charge is 2.09. The molecule has 2 nitrogen and oxygen atoms in total. The monoisotopic (exact) mass is 253 g/mol. The summed E-state index contributed by atoms with van der Waals surface area (Å²) in [7, 11) is 0. The van der Waals surface area contributed by atoms with Gasteiger partial charge in [0.05, 0.1) is 10.6 Å². The number of hydrogen-bond acceptors (Lipinski definition) is 2. The largest absolute Gasteiger partial charge is 0.353 e. The van der Waals surface area contributed by atoms with Crippen LogP contribution < -0.4 is 5.43 Å². The Labute approximate surface area is 110 Å². The summed E-state index contributed by atoms with van der Waals surface area (Å²) in [6.45, 7) is 0. The molecule has 1 aromatic heterocycles. The van der Waals surface area contributed by atoms with Crippen LogP contribution in [-0.2, 0) is 0 Å². The molecule has 0 bridgehead atoms. The molecule has 88 valence electrons. The molecule has 0 aliphatic carbocycles. The number of benzene rings is 2. The van der Waals surface area contributed by atoms with Crippen molar-refractivity contribution in [3.63, 3.8) is 0 Å². The molecule has 0 fully saturated rings. The molecule has 3 heteroatoms. The quantitative estimate of drug-likeness (QED) is 0.639. The summed E-state index contributed by atoms with van der Waals surface area (Å²) in [5.41, 5.74) is 2.53. The second-order valence-electron chi connectivity index (χ2n) is 4.09. The third-order valence-electron chi connectivity index (χ3n) is 2.95. The first-order valence-corrected chi connectivity index (χ1v) is 6.11. The lowest BCUT2D eigenvalue weighted by Crippen LogP contribution is -2.06. The van der Waals surface area contributed by atoms with Crippen molar-refractivity contribution in [2.45, 2.75) is 4.90 Å². The zero-order valence-electron chi connectivity index (χ0n) is 9.55. The maximum Gasteiger partial charge on any atom is 0.203 e. The van der Waals surface area contributed by atoms with E-state index in [-0.39, 0.29) is 5.43 Å². The van der Waals surface area contributed by atoms with E-state index in [0.29, 0.717) is 10.3 Å². The summed E-state index contributed by atoms with van der Waals surface area (Å²) in [5, 5.41) is 0.669. The van der Waals surface area contributed by atoms with Gasteiger partial charge in [-0.15, -0.1) is 12.6 Å². The first-order chi connectivity index (χ1) is 8.77. The Morgan fingerprint density at radius 1 is 0.889 bits per heavy atom. The number of aromatic amines is 1. The van der Waals surface area contributed by atoms with Crippen LogP contribution in [0, 0.1) is 0 Å². The van der Waals surface area contributed by atoms with Gasteiger partial charge in [-0.1, -0.05) is 42.5 Å². The molecule has 18 heavy (non-hydrogen) atoms. The Kier molecular flexibility index (Phi) is 2.68. The highest BCUT2D eigenvalue weighted by Crippen LogP contribution is 2.24. The SMILES string of the molecule is O=c1c(S)c(-c2ccccc2)[nH]c2ccccc12. The lowest BCUT2D eigenvalue weighted by molar-refractivity contribution is 1.27. The van der Waals surface area contributed by atoms with E-state index < -0.39 is 0 Å². The predicted molar refractivity (Wildman–Crippen MR) is 77.3 cm³/mol. The van der Waals surface area contributed by atoms with Crippen molar-refractivity contribution < 1.29 is 0 Å². The minimum absolute atomic E-state index is 0.0356. The number of aromatic nitrogens is 1. The fourth-order valence-corrected chi connectivity index (χ4v) is 2.34. The predicted octanol–water partition coefficient (Wildman–Crippen LogP) is 3.48. The standard InChI is InChI=1S/C15H11NOS/c17-14-11-8-4-5-9-12(11)16-13(15(14)18)10-6-2-1-3-7-10/h1-9,18H,(H,16,17). The summed E-state index contributed by atoms with van der Waals surface area (Å²) >= 11 is 4.35. The Hall–Kier alpha value is -2.00. The first kappa shape index (κ1) is 11.1. The topological polar surface area (TPSA) is 32.9 Å². The van der Waals surface area contributed by atoms with Gasteiger partial charge in [-0.25, -0.2) is 0 Å². The highest BCUT2D eigenvalue weighted by atomic mass is 32.1. The van der Waals surface area contributed by atoms with E-state index in [9.17, 15) is 4.79 Å². The van der Waals surface area contributed by atoms with E-state index >= 15 is 0 Å². The fourth-order valence-electron chi connectivity index (χ4n) is 2.04. The second kappa shape index (κ2) is 4.35. The van der Waals surface area contributed by atoms with Crippen molar-refractivity contribution in [2.24, 2.45) is 0 Å². The van der Waals surface area contributed by atoms with Gasteiger partial charge in [0, 0.05) is 10.9 Å². The van der Waals surface area contributed by atoms with Crippen LogP contribution in [0.1, 0.15) is 0 Å². The molecule has 2 aromatic carbocycles. The molecule has 0 amide bonds. The van der Waals surface area contributed by atoms with E-state index in [4.69, 9.17) is 0 Å². The summed E-state index contributed by atoms with van der Waals surface area (Å²) in [6.07, 6.45) is 0. The minimum Gasteiger partial charge on any atom is -0.353 e. The smallest absolute Gasteiger partial charge is 0.203 e. The number of H-pyrrole nitrogens is 1. The number of nitrogens with one attached hydrogen (secondary N) is 1. The van der Waals surface area contributed by atoms with Crippen LogP contribution in [-0.4, -0.2) is 4.98 Å². The molecule has 0 aliphatic rings. The Balaban J connectivity index is 2.38. The molecule has 0 radical (unpaired) electrons. The third kappa shape index (κ3) is 1.73. The van der Waals surface area contributed by atoms with E-state index in [1.54, 1.807) is 0 Å². The normalized spacial score (nSPS) is 10.7. The van der Waals surface area contributed by atoms with Crippen molar-refractivity contribution >= 4 is 23.5 Å². The molecule has 1 N–H and O–H groups in total. The average molecular weight is 253 g/mol. The zero-order valence-corrected chi connectivity index (χ0v) is 10.4. The van der Waals surface area contributed by atoms with Gasteiger partial charge in [-0.2, -0.15) is 0 Å². The van der Waals surface area contributed by atoms with Crippen molar-refractivity contribution in [3.05, 3.63) is 64.8 Å². The number of para-hydroxylation sites is 1. The first-order valence-electron chi connectivity index (χ1n) is 5.67. The van der Waals surface area contributed by atoms with Crippen LogP contribution in [0.25, 0.3) is 22.2 Å². The zero-order chi connectivity index (χ0) is 12.5. The van der Waals surface area contributed by atoms with Gasteiger partial charge in [0.15, 0.2) is 0 Å². The Bertz CT molecular complexity index is 762. The number of fused-ring (bicyclic) bond motifs is 1. The lowest BCUT2D eigenvalue weighted by atomic mass is 10.1. The Morgan fingerprint density at radius 3 is 2.33 bits per heavy atom. The summed E-state index contributed by atoms with van der Waals surface area (Å²) in [6, 6.07) is 17.2. The molecule has 0 saturated carbocycles. The Morgan fingerprint density at radius 2 is 1.56 bits per heavy atom. The molecule has 1 heterocycles. The molecule has 0 atom stereocenters. The van der Waals surface area contributed by atoms with Crippen molar-refractivity contribution in [1.82, 2.24) is 4.98 Å². The number of rotatable bonds is 1. The summed E-state index contributed by atoms with van der Waals surface area (Å²) < 4.78 is 0. The maximum absolute atomic E-state index is 12.2. The summed E-state index contributed by atoms with van der Waals surface area (Å²) in [5.74, 6) is 0. The van der Waals surface area contributed by atoms with Crippen LogP contribution in [0.4, 0.5) is 0 Å². The van der Waals surface area contributed by atoms with Crippen molar-refractivity contribution in [1.29, 1.82) is 0 Å². The number of hydrogen-bond donors (Lipinski definition) is 2. The van der Waals surface area contributed by atoms with Gasteiger partial charge < -0.3 is 4.98 Å². The van der Waals surface area contributed by atoms with E-state index in [1.807, 2.05) is 54.6 Å². The van der Waals surface area contributed by atoms with E-state index in [2.05, 4.69) is 17.6 Å². The van der Waals surface area contributed by atoms with Crippen LogP contribution in [0.3, 0.4) is 0 Å². The number of thiol groups is 1.